The van der Waals surface area contributed by atoms with Gasteiger partial charge in [0.25, 0.3) is 11.1 Å². The summed E-state index contributed by atoms with van der Waals surface area (Å²) < 4.78 is 5.11. The Balaban J connectivity index is 1.72. The molecule has 2 aliphatic heterocycles. The molecule has 0 spiro atoms. The minimum absolute atomic E-state index is 0.184. The molecule has 0 N–H and O–H groups in total. The van der Waals surface area contributed by atoms with Gasteiger partial charge in [-0.1, -0.05) is 12.1 Å². The van der Waals surface area contributed by atoms with Crippen LogP contribution < -0.4 is 4.74 Å². The molecule has 0 aliphatic carbocycles. The van der Waals surface area contributed by atoms with Crippen LogP contribution >= 0.6 is 11.8 Å². The minimum atomic E-state index is -0.197. The summed E-state index contributed by atoms with van der Waals surface area (Å²) in [6.07, 6.45) is 4.03. The number of likely N-dealkylation sites (tertiary alicyclic amines) is 1. The Morgan fingerprint density at radius 1 is 1.18 bits per heavy atom. The number of amides is 2. The van der Waals surface area contributed by atoms with Crippen LogP contribution in [0.25, 0.3) is 6.08 Å². The number of benzene rings is 1. The summed E-state index contributed by atoms with van der Waals surface area (Å²) in [4.78, 5) is 28.4. The maximum atomic E-state index is 12.4. The van der Waals surface area contributed by atoms with E-state index in [0.29, 0.717) is 11.6 Å². The van der Waals surface area contributed by atoms with E-state index < -0.39 is 0 Å². The molecule has 2 aliphatic rings. The van der Waals surface area contributed by atoms with Crippen molar-refractivity contribution in [1.29, 1.82) is 0 Å². The van der Waals surface area contributed by atoms with E-state index in [4.69, 9.17) is 4.74 Å². The minimum Gasteiger partial charge on any atom is -0.497 e. The van der Waals surface area contributed by atoms with Gasteiger partial charge in [0.05, 0.1) is 18.7 Å². The molecular weight excluding hydrogens is 300 g/mol. The zero-order chi connectivity index (χ0) is 15.5. The number of carbonyl (C=O) groups is 2. The normalized spacial score (nSPS) is 21.1. The number of hydrogen-bond donors (Lipinski definition) is 0. The van der Waals surface area contributed by atoms with Crippen molar-refractivity contribution < 1.29 is 14.3 Å². The number of thioether (sulfide) groups is 1. The lowest BCUT2D eigenvalue weighted by molar-refractivity contribution is -0.124. The van der Waals surface area contributed by atoms with E-state index >= 15 is 0 Å². The molecule has 2 heterocycles. The lowest BCUT2D eigenvalue weighted by Gasteiger charge is -2.20. The smallest absolute Gasteiger partial charge is 0.294 e. The molecule has 0 bridgehead atoms. The zero-order valence-electron chi connectivity index (χ0n) is 12.4. The predicted molar refractivity (Wildman–Crippen MR) is 86.5 cm³/mol. The van der Waals surface area contributed by atoms with Crippen molar-refractivity contribution in [2.75, 3.05) is 26.9 Å². The number of imide groups is 1. The van der Waals surface area contributed by atoms with Gasteiger partial charge in [-0.15, -0.1) is 0 Å². The van der Waals surface area contributed by atoms with Gasteiger partial charge in [-0.05, 0) is 61.5 Å². The molecule has 2 amide bonds. The number of methoxy groups -OCH3 is 1. The van der Waals surface area contributed by atoms with Gasteiger partial charge in [0.1, 0.15) is 5.75 Å². The second-order valence-corrected chi connectivity index (χ2v) is 6.34. The number of ether oxygens (including phenoxy) is 1. The highest BCUT2D eigenvalue weighted by Crippen LogP contribution is 2.32. The number of carbonyl (C=O) groups excluding carboxylic acids is 2. The third kappa shape index (κ3) is 3.18. The number of hydrogen-bond acceptors (Lipinski definition) is 5. The Morgan fingerprint density at radius 3 is 2.50 bits per heavy atom. The summed E-state index contributed by atoms with van der Waals surface area (Å²) in [6, 6.07) is 7.40. The molecule has 1 aromatic rings. The summed E-state index contributed by atoms with van der Waals surface area (Å²) in [5.41, 5.74) is 0.882. The molecule has 6 heteroatoms. The van der Waals surface area contributed by atoms with E-state index in [-0.39, 0.29) is 11.1 Å². The molecule has 22 heavy (non-hydrogen) atoms. The van der Waals surface area contributed by atoms with E-state index in [1.54, 1.807) is 13.2 Å². The van der Waals surface area contributed by atoms with Gasteiger partial charge in [-0.3, -0.25) is 19.4 Å². The van der Waals surface area contributed by atoms with Crippen LogP contribution in [0.2, 0.25) is 0 Å². The van der Waals surface area contributed by atoms with Crippen molar-refractivity contribution in [1.82, 2.24) is 9.80 Å². The Labute approximate surface area is 133 Å². The van der Waals surface area contributed by atoms with Gasteiger partial charge < -0.3 is 4.74 Å². The van der Waals surface area contributed by atoms with E-state index in [9.17, 15) is 9.59 Å². The first-order valence-corrected chi connectivity index (χ1v) is 8.11. The van der Waals surface area contributed by atoms with Crippen LogP contribution in [0, 0.1) is 0 Å². The summed E-state index contributed by atoms with van der Waals surface area (Å²) in [5.74, 6) is 0.567. The Hall–Kier alpha value is -1.79. The Morgan fingerprint density at radius 2 is 1.86 bits per heavy atom. The van der Waals surface area contributed by atoms with Gasteiger partial charge in [0.2, 0.25) is 0 Å². The molecule has 3 rings (SSSR count). The molecule has 0 unspecified atom stereocenters. The Bertz CT molecular complexity index is 606. The lowest BCUT2D eigenvalue weighted by atomic mass is 10.2. The fourth-order valence-corrected chi connectivity index (χ4v) is 3.43. The summed E-state index contributed by atoms with van der Waals surface area (Å²) in [5, 5.41) is -0.184. The van der Waals surface area contributed by atoms with Crippen LogP contribution in [-0.2, 0) is 4.79 Å². The second kappa shape index (κ2) is 6.54. The van der Waals surface area contributed by atoms with Crippen LogP contribution in [-0.4, -0.2) is 47.8 Å². The highest BCUT2D eigenvalue weighted by Gasteiger charge is 2.36. The number of nitrogens with zero attached hydrogens (tertiary/aromatic N) is 2. The molecule has 0 aromatic heterocycles. The maximum Gasteiger partial charge on any atom is 0.294 e. The number of rotatable bonds is 4. The van der Waals surface area contributed by atoms with Crippen LogP contribution in [0.3, 0.4) is 0 Å². The van der Waals surface area contributed by atoms with Crippen LogP contribution in [0.1, 0.15) is 18.4 Å². The topological polar surface area (TPSA) is 49.9 Å². The van der Waals surface area contributed by atoms with Gasteiger partial charge in [0, 0.05) is 0 Å². The lowest BCUT2D eigenvalue weighted by Crippen LogP contribution is -2.38. The highest BCUT2D eigenvalue weighted by atomic mass is 32.2. The Kier molecular flexibility index (Phi) is 4.49. The average molecular weight is 318 g/mol. The van der Waals surface area contributed by atoms with Crippen molar-refractivity contribution in [2.24, 2.45) is 0 Å². The van der Waals surface area contributed by atoms with E-state index in [2.05, 4.69) is 4.90 Å². The molecule has 1 aromatic carbocycles. The quantitative estimate of drug-likeness (QED) is 0.799. The summed E-state index contributed by atoms with van der Waals surface area (Å²) in [6.45, 7) is 2.32. The predicted octanol–water partition coefficient (Wildman–Crippen LogP) is 2.78. The van der Waals surface area contributed by atoms with Crippen molar-refractivity contribution in [3.63, 3.8) is 0 Å². The maximum absolute atomic E-state index is 12.4. The van der Waals surface area contributed by atoms with E-state index in [1.807, 2.05) is 24.3 Å². The van der Waals surface area contributed by atoms with Gasteiger partial charge in [-0.25, -0.2) is 0 Å². The zero-order valence-corrected chi connectivity index (χ0v) is 13.3. The average Bonchev–Trinajstić information content (AvgIpc) is 3.13. The molecule has 2 fully saturated rings. The summed E-state index contributed by atoms with van der Waals surface area (Å²) >= 11 is 1.01. The molecule has 2 saturated heterocycles. The standard InChI is InChI=1S/C16H18N2O3S/c1-21-13-6-4-12(5-7-13)10-14-15(19)18(16(20)22-14)11-17-8-2-3-9-17/h4-7,10H,2-3,8-9,11H2,1H3/b14-10+. The molecule has 5 nitrogen and oxygen atoms in total. The van der Waals surface area contributed by atoms with Crippen molar-refractivity contribution in [3.05, 3.63) is 34.7 Å². The second-order valence-electron chi connectivity index (χ2n) is 5.35. The van der Waals surface area contributed by atoms with Crippen LogP contribution in [0.4, 0.5) is 4.79 Å². The van der Waals surface area contributed by atoms with Crippen LogP contribution in [0.15, 0.2) is 29.2 Å². The molecule has 0 saturated carbocycles. The van der Waals surface area contributed by atoms with E-state index in [0.717, 1.165) is 49.0 Å². The SMILES string of the molecule is COc1ccc(/C=C2/SC(=O)N(CN3CCCC3)C2=O)cc1. The summed E-state index contributed by atoms with van der Waals surface area (Å²) in [7, 11) is 1.61. The first-order chi connectivity index (χ1) is 10.7. The fourth-order valence-electron chi connectivity index (χ4n) is 2.60. The monoisotopic (exact) mass is 318 g/mol. The molecule has 0 atom stereocenters. The molecule has 116 valence electrons. The highest BCUT2D eigenvalue weighted by molar-refractivity contribution is 8.18. The van der Waals surface area contributed by atoms with Crippen molar-refractivity contribution >= 4 is 29.0 Å². The molecular formula is C16H18N2O3S. The van der Waals surface area contributed by atoms with Crippen LogP contribution in [0.5, 0.6) is 5.75 Å². The van der Waals surface area contributed by atoms with Gasteiger partial charge in [-0.2, -0.15) is 0 Å². The third-order valence-electron chi connectivity index (χ3n) is 3.83. The first kappa shape index (κ1) is 15.1. The molecule has 0 radical (unpaired) electrons. The first-order valence-electron chi connectivity index (χ1n) is 7.29. The van der Waals surface area contributed by atoms with Crippen molar-refractivity contribution in [3.8, 4) is 5.75 Å². The van der Waals surface area contributed by atoms with E-state index in [1.165, 1.54) is 4.90 Å². The third-order valence-corrected chi connectivity index (χ3v) is 4.73. The van der Waals surface area contributed by atoms with Gasteiger partial charge in [0.15, 0.2) is 0 Å². The largest absolute Gasteiger partial charge is 0.497 e. The fraction of sp³-hybridized carbons (Fsp3) is 0.375. The van der Waals surface area contributed by atoms with Crippen molar-refractivity contribution in [2.45, 2.75) is 12.8 Å². The van der Waals surface area contributed by atoms with Gasteiger partial charge >= 0.3 is 0 Å².